The SMILES string of the molecule is CC(C)N(C)C(=O)C(CNc1nccnc1C#N)C1CCOCC1. The van der Waals surface area contributed by atoms with Crippen LogP contribution in [0.1, 0.15) is 32.4 Å². The number of nitriles is 1. The first kappa shape index (κ1) is 18.1. The minimum Gasteiger partial charge on any atom is -0.381 e. The third kappa shape index (κ3) is 4.42. The van der Waals surface area contributed by atoms with Crippen molar-refractivity contribution in [1.29, 1.82) is 5.26 Å². The Hall–Kier alpha value is -2.20. The number of nitrogens with zero attached hydrogens (tertiary/aromatic N) is 4. The molecule has 0 bridgehead atoms. The predicted molar refractivity (Wildman–Crippen MR) is 90.2 cm³/mol. The van der Waals surface area contributed by atoms with Crippen LogP contribution in [-0.4, -0.2) is 53.6 Å². The van der Waals surface area contributed by atoms with Gasteiger partial charge in [-0.3, -0.25) is 4.79 Å². The summed E-state index contributed by atoms with van der Waals surface area (Å²) < 4.78 is 5.43. The highest BCUT2D eigenvalue weighted by molar-refractivity contribution is 5.79. The average molecular weight is 331 g/mol. The standard InChI is InChI=1S/C17H25N5O2/c1-12(2)22(3)17(23)14(13-4-8-24-9-5-13)11-21-16-15(10-18)19-6-7-20-16/h6-7,12-14H,4-5,8-9,11H2,1-3H3,(H,20,21). The molecule has 1 aromatic heterocycles. The molecule has 1 aromatic rings. The van der Waals surface area contributed by atoms with Crippen LogP contribution in [0.4, 0.5) is 5.82 Å². The molecule has 130 valence electrons. The maximum atomic E-state index is 12.9. The average Bonchev–Trinajstić information content (AvgIpc) is 2.62. The summed E-state index contributed by atoms with van der Waals surface area (Å²) in [5.74, 6) is 0.640. The van der Waals surface area contributed by atoms with Crippen LogP contribution in [0, 0.1) is 23.2 Å². The Morgan fingerprint density at radius 3 is 2.71 bits per heavy atom. The molecule has 1 aliphatic heterocycles. The third-order valence-corrected chi connectivity index (χ3v) is 4.57. The molecule has 0 spiro atoms. The van der Waals surface area contributed by atoms with E-state index in [9.17, 15) is 4.79 Å². The first-order valence-electron chi connectivity index (χ1n) is 8.34. The Labute approximate surface area is 143 Å². The molecular formula is C17H25N5O2. The van der Waals surface area contributed by atoms with Crippen LogP contribution in [0.25, 0.3) is 0 Å². The highest BCUT2D eigenvalue weighted by Crippen LogP contribution is 2.26. The molecule has 1 aliphatic rings. The number of nitrogens with one attached hydrogen (secondary N) is 1. The van der Waals surface area contributed by atoms with E-state index < -0.39 is 0 Å². The largest absolute Gasteiger partial charge is 0.381 e. The number of ether oxygens (including phenoxy) is 1. The van der Waals surface area contributed by atoms with Gasteiger partial charge in [0.2, 0.25) is 5.91 Å². The highest BCUT2D eigenvalue weighted by Gasteiger charge is 2.32. The normalized spacial score (nSPS) is 16.5. The molecule has 1 N–H and O–H groups in total. The van der Waals surface area contributed by atoms with E-state index in [0.29, 0.717) is 25.6 Å². The van der Waals surface area contributed by atoms with Gasteiger partial charge in [0.05, 0.1) is 5.92 Å². The summed E-state index contributed by atoms with van der Waals surface area (Å²) in [7, 11) is 1.84. The molecule has 1 unspecified atom stereocenters. The number of amides is 1. The van der Waals surface area contributed by atoms with Crippen molar-refractivity contribution in [1.82, 2.24) is 14.9 Å². The topological polar surface area (TPSA) is 91.1 Å². The van der Waals surface area contributed by atoms with Crippen molar-refractivity contribution >= 4 is 11.7 Å². The van der Waals surface area contributed by atoms with E-state index in [-0.39, 0.29) is 29.5 Å². The van der Waals surface area contributed by atoms with E-state index in [4.69, 9.17) is 10.00 Å². The smallest absolute Gasteiger partial charge is 0.227 e. The van der Waals surface area contributed by atoms with Gasteiger partial charge in [0.1, 0.15) is 6.07 Å². The van der Waals surface area contributed by atoms with Crippen molar-refractivity contribution < 1.29 is 9.53 Å². The minimum atomic E-state index is -0.171. The number of anilines is 1. The molecule has 7 nitrogen and oxygen atoms in total. The van der Waals surface area contributed by atoms with Gasteiger partial charge in [-0.15, -0.1) is 0 Å². The summed E-state index contributed by atoms with van der Waals surface area (Å²) in [6.07, 6.45) is 4.76. The van der Waals surface area contributed by atoms with Gasteiger partial charge in [-0.2, -0.15) is 5.26 Å². The lowest BCUT2D eigenvalue weighted by Gasteiger charge is -2.34. The van der Waals surface area contributed by atoms with Crippen LogP contribution in [0.3, 0.4) is 0 Å². The quantitative estimate of drug-likeness (QED) is 0.852. The summed E-state index contributed by atoms with van der Waals surface area (Å²) in [6.45, 7) is 5.82. The number of hydrogen-bond acceptors (Lipinski definition) is 6. The number of carbonyl (C=O) groups excluding carboxylic acids is 1. The zero-order chi connectivity index (χ0) is 17.5. The Morgan fingerprint density at radius 1 is 1.42 bits per heavy atom. The molecule has 0 radical (unpaired) electrons. The number of rotatable bonds is 6. The van der Waals surface area contributed by atoms with Crippen LogP contribution >= 0.6 is 0 Å². The fourth-order valence-corrected chi connectivity index (χ4v) is 2.85. The maximum absolute atomic E-state index is 12.9. The monoisotopic (exact) mass is 331 g/mol. The lowest BCUT2D eigenvalue weighted by Crippen LogP contribution is -2.44. The number of hydrogen-bond donors (Lipinski definition) is 1. The van der Waals surface area contributed by atoms with E-state index in [1.54, 1.807) is 4.90 Å². The summed E-state index contributed by atoms with van der Waals surface area (Å²) >= 11 is 0. The molecule has 0 aromatic carbocycles. The molecule has 0 aliphatic carbocycles. The molecule has 1 amide bonds. The van der Waals surface area contributed by atoms with Crippen molar-refractivity contribution in [2.24, 2.45) is 11.8 Å². The van der Waals surface area contributed by atoms with Crippen LogP contribution < -0.4 is 5.32 Å². The summed E-state index contributed by atoms with van der Waals surface area (Å²) in [4.78, 5) is 22.8. The summed E-state index contributed by atoms with van der Waals surface area (Å²) in [5, 5.41) is 12.3. The number of aromatic nitrogens is 2. The third-order valence-electron chi connectivity index (χ3n) is 4.57. The zero-order valence-electron chi connectivity index (χ0n) is 14.5. The second kappa shape index (κ2) is 8.60. The molecule has 1 fully saturated rings. The van der Waals surface area contributed by atoms with Gasteiger partial charge in [-0.05, 0) is 32.6 Å². The molecule has 2 rings (SSSR count). The molecule has 2 heterocycles. The van der Waals surface area contributed by atoms with Gasteiger partial charge in [0.25, 0.3) is 0 Å². The lowest BCUT2D eigenvalue weighted by molar-refractivity contribution is -0.138. The van der Waals surface area contributed by atoms with E-state index in [2.05, 4.69) is 15.3 Å². The van der Waals surface area contributed by atoms with Gasteiger partial charge < -0.3 is 15.0 Å². The van der Waals surface area contributed by atoms with E-state index in [0.717, 1.165) is 12.8 Å². The Balaban J connectivity index is 2.13. The van der Waals surface area contributed by atoms with Crippen LogP contribution in [0.5, 0.6) is 0 Å². The van der Waals surface area contributed by atoms with Gasteiger partial charge >= 0.3 is 0 Å². The van der Waals surface area contributed by atoms with E-state index >= 15 is 0 Å². The molecule has 1 atom stereocenters. The van der Waals surface area contributed by atoms with Gasteiger partial charge in [-0.25, -0.2) is 9.97 Å². The van der Waals surface area contributed by atoms with Crippen molar-refractivity contribution in [2.75, 3.05) is 32.1 Å². The first-order chi connectivity index (χ1) is 11.5. The molecule has 0 saturated carbocycles. The second-order valence-corrected chi connectivity index (χ2v) is 6.35. The fraction of sp³-hybridized carbons (Fsp3) is 0.647. The molecule has 1 saturated heterocycles. The van der Waals surface area contributed by atoms with Gasteiger partial charge in [0.15, 0.2) is 11.5 Å². The van der Waals surface area contributed by atoms with Crippen LogP contribution in [0.2, 0.25) is 0 Å². The van der Waals surface area contributed by atoms with Crippen LogP contribution in [-0.2, 0) is 9.53 Å². The summed E-state index contributed by atoms with van der Waals surface area (Å²) in [6, 6.07) is 2.16. The van der Waals surface area contributed by atoms with Crippen LogP contribution in [0.15, 0.2) is 12.4 Å². The van der Waals surface area contributed by atoms with Crippen molar-refractivity contribution in [3.8, 4) is 6.07 Å². The first-order valence-corrected chi connectivity index (χ1v) is 8.34. The molecular weight excluding hydrogens is 306 g/mol. The lowest BCUT2D eigenvalue weighted by atomic mass is 9.84. The minimum absolute atomic E-state index is 0.117. The molecule has 7 heteroatoms. The van der Waals surface area contributed by atoms with E-state index in [1.807, 2.05) is 27.0 Å². The number of carbonyl (C=O) groups is 1. The second-order valence-electron chi connectivity index (χ2n) is 6.35. The van der Waals surface area contributed by atoms with Crippen molar-refractivity contribution in [2.45, 2.75) is 32.7 Å². The van der Waals surface area contributed by atoms with Gasteiger partial charge in [-0.1, -0.05) is 0 Å². The Bertz CT molecular complexity index is 593. The zero-order valence-corrected chi connectivity index (χ0v) is 14.5. The van der Waals surface area contributed by atoms with Crippen molar-refractivity contribution in [3.63, 3.8) is 0 Å². The predicted octanol–water partition coefficient (Wildman–Crippen LogP) is 1.67. The van der Waals surface area contributed by atoms with Crippen molar-refractivity contribution in [3.05, 3.63) is 18.1 Å². The fourth-order valence-electron chi connectivity index (χ4n) is 2.85. The molecule has 24 heavy (non-hydrogen) atoms. The highest BCUT2D eigenvalue weighted by atomic mass is 16.5. The van der Waals surface area contributed by atoms with Gasteiger partial charge in [0, 0.05) is 45.2 Å². The van der Waals surface area contributed by atoms with E-state index in [1.165, 1.54) is 12.4 Å². The maximum Gasteiger partial charge on any atom is 0.227 e. The Morgan fingerprint density at radius 2 is 2.08 bits per heavy atom. The summed E-state index contributed by atoms with van der Waals surface area (Å²) in [5.41, 5.74) is 0.243. The Kier molecular flexibility index (Phi) is 6.50.